The molecule has 5 nitrogen and oxygen atoms in total. The van der Waals surface area contributed by atoms with E-state index in [2.05, 4.69) is 10.2 Å². The standard InChI is InChI=1S/C26H28Cl2F2N2O3/c27-19-3-1-16(11-21(19)29)17-5-10-32(14-17)25-6-8-26(9-7-25,23(33)13-25)31-24(34)15-35-18-2-4-20(28)22(30)12-18/h1-4,11-12,17,23,33H,5-10,13-15H2,(H,31,34)/t17?,23-,25?,26?/m0/s1. The van der Waals surface area contributed by atoms with Crippen molar-refractivity contribution in [3.8, 4) is 5.75 Å². The topological polar surface area (TPSA) is 61.8 Å². The zero-order valence-corrected chi connectivity index (χ0v) is 20.7. The van der Waals surface area contributed by atoms with Crippen LogP contribution in [-0.2, 0) is 4.79 Å². The van der Waals surface area contributed by atoms with Gasteiger partial charge in [0.15, 0.2) is 6.61 Å². The third-order valence-electron chi connectivity index (χ3n) is 8.21. The summed E-state index contributed by atoms with van der Waals surface area (Å²) in [5.41, 5.74) is 0.176. The maximum atomic E-state index is 14.0. The average Bonchev–Trinajstić information content (AvgIpc) is 3.34. The lowest BCUT2D eigenvalue weighted by molar-refractivity contribution is -0.137. The van der Waals surface area contributed by atoms with Gasteiger partial charge in [-0.3, -0.25) is 9.69 Å². The normalized spacial score (nSPS) is 30.4. The molecular weight excluding hydrogens is 497 g/mol. The molecule has 188 valence electrons. The molecular formula is C26H28Cl2F2N2O3. The van der Waals surface area contributed by atoms with E-state index < -0.39 is 23.3 Å². The number of halogens is 4. The molecule has 0 radical (unpaired) electrons. The highest BCUT2D eigenvalue weighted by Crippen LogP contribution is 2.51. The fourth-order valence-electron chi connectivity index (χ4n) is 6.17. The summed E-state index contributed by atoms with van der Waals surface area (Å²) in [4.78, 5) is 15.1. The van der Waals surface area contributed by atoms with E-state index in [1.54, 1.807) is 6.07 Å². The van der Waals surface area contributed by atoms with Crippen LogP contribution in [0.5, 0.6) is 5.75 Å². The number of hydrogen-bond donors (Lipinski definition) is 2. The highest BCUT2D eigenvalue weighted by Gasteiger charge is 2.57. The number of carbonyl (C=O) groups is 1. The number of benzene rings is 2. The molecule has 1 aliphatic heterocycles. The average molecular weight is 525 g/mol. The molecule has 35 heavy (non-hydrogen) atoms. The van der Waals surface area contributed by atoms with Crippen molar-refractivity contribution in [3.63, 3.8) is 0 Å². The first kappa shape index (κ1) is 24.8. The molecule has 2 aromatic carbocycles. The van der Waals surface area contributed by atoms with E-state index in [4.69, 9.17) is 27.9 Å². The van der Waals surface area contributed by atoms with E-state index in [1.165, 1.54) is 18.2 Å². The van der Waals surface area contributed by atoms with E-state index in [0.717, 1.165) is 44.0 Å². The Morgan fingerprint density at radius 2 is 1.77 bits per heavy atom. The fourth-order valence-corrected chi connectivity index (χ4v) is 6.40. The summed E-state index contributed by atoms with van der Waals surface area (Å²) in [6.45, 7) is 1.44. The number of ether oxygens (including phenoxy) is 1. The SMILES string of the molecule is O=C(COc1ccc(Cl)c(F)c1)NC12CCC(N3CCC(c4ccc(Cl)c(F)c4)C3)(CC1)C[C@@H]2O. The first-order chi connectivity index (χ1) is 16.7. The molecule has 4 fully saturated rings. The Balaban J connectivity index is 1.19. The Labute approximate surface area is 213 Å². The van der Waals surface area contributed by atoms with Crippen LogP contribution in [0.25, 0.3) is 0 Å². The smallest absolute Gasteiger partial charge is 0.258 e. The van der Waals surface area contributed by atoms with Crippen molar-refractivity contribution in [1.82, 2.24) is 10.2 Å². The zero-order chi connectivity index (χ0) is 24.8. The van der Waals surface area contributed by atoms with Gasteiger partial charge in [0.1, 0.15) is 17.4 Å². The number of hydrogen-bond acceptors (Lipinski definition) is 4. The summed E-state index contributed by atoms with van der Waals surface area (Å²) in [5.74, 6) is -0.899. The van der Waals surface area contributed by atoms with Gasteiger partial charge in [-0.25, -0.2) is 8.78 Å². The van der Waals surface area contributed by atoms with Crippen molar-refractivity contribution in [2.45, 2.75) is 61.6 Å². The minimum Gasteiger partial charge on any atom is -0.484 e. The minimum absolute atomic E-state index is 0.0126. The largest absolute Gasteiger partial charge is 0.484 e. The van der Waals surface area contributed by atoms with Gasteiger partial charge in [-0.2, -0.15) is 0 Å². The Hall–Kier alpha value is -1.93. The summed E-state index contributed by atoms with van der Waals surface area (Å²) < 4.78 is 33.0. The lowest BCUT2D eigenvalue weighted by atomic mass is 9.59. The Morgan fingerprint density at radius 3 is 2.43 bits per heavy atom. The van der Waals surface area contributed by atoms with Gasteiger partial charge in [0.2, 0.25) is 0 Å². The Morgan fingerprint density at radius 1 is 1.09 bits per heavy atom. The number of nitrogens with one attached hydrogen (secondary N) is 1. The van der Waals surface area contributed by atoms with Crippen LogP contribution in [0.1, 0.15) is 50.0 Å². The predicted octanol–water partition coefficient (Wildman–Crippen LogP) is 5.07. The molecule has 2 bridgehead atoms. The van der Waals surface area contributed by atoms with E-state index in [0.29, 0.717) is 19.3 Å². The molecule has 4 aliphatic rings. The molecule has 2 aromatic rings. The molecule has 1 heterocycles. The molecule has 1 amide bonds. The van der Waals surface area contributed by atoms with E-state index >= 15 is 0 Å². The number of nitrogens with zero attached hydrogens (tertiary/aromatic N) is 1. The molecule has 0 spiro atoms. The van der Waals surface area contributed by atoms with Crippen molar-refractivity contribution in [2.24, 2.45) is 0 Å². The number of amides is 1. The van der Waals surface area contributed by atoms with Crippen LogP contribution < -0.4 is 10.1 Å². The Kier molecular flexibility index (Phi) is 6.72. The van der Waals surface area contributed by atoms with Gasteiger partial charge in [-0.1, -0.05) is 29.3 Å². The fraction of sp³-hybridized carbons (Fsp3) is 0.500. The highest BCUT2D eigenvalue weighted by molar-refractivity contribution is 6.31. The van der Waals surface area contributed by atoms with E-state index in [9.17, 15) is 18.7 Å². The van der Waals surface area contributed by atoms with Crippen LogP contribution >= 0.6 is 23.2 Å². The maximum Gasteiger partial charge on any atom is 0.258 e. The summed E-state index contributed by atoms with van der Waals surface area (Å²) >= 11 is 11.5. The molecule has 1 saturated heterocycles. The van der Waals surface area contributed by atoms with Crippen LogP contribution in [-0.4, -0.2) is 52.8 Å². The van der Waals surface area contributed by atoms with Crippen LogP contribution in [0.15, 0.2) is 36.4 Å². The number of likely N-dealkylation sites (tertiary alicyclic amines) is 1. The van der Waals surface area contributed by atoms with Crippen molar-refractivity contribution in [1.29, 1.82) is 0 Å². The maximum absolute atomic E-state index is 14.0. The first-order valence-electron chi connectivity index (χ1n) is 12.0. The number of carbonyl (C=O) groups excluding carboxylic acids is 1. The van der Waals surface area contributed by atoms with Crippen LogP contribution in [0, 0.1) is 11.6 Å². The Bertz CT molecular complexity index is 1120. The van der Waals surface area contributed by atoms with Crippen molar-refractivity contribution in [2.75, 3.05) is 19.7 Å². The molecule has 1 unspecified atom stereocenters. The lowest BCUT2D eigenvalue weighted by Crippen LogP contribution is -2.70. The molecule has 3 saturated carbocycles. The molecule has 2 N–H and O–H groups in total. The predicted molar refractivity (Wildman–Crippen MR) is 130 cm³/mol. The molecule has 2 atom stereocenters. The van der Waals surface area contributed by atoms with Gasteiger partial charge >= 0.3 is 0 Å². The quantitative estimate of drug-likeness (QED) is 0.553. The lowest BCUT2D eigenvalue weighted by Gasteiger charge is -2.59. The summed E-state index contributed by atoms with van der Waals surface area (Å²) in [7, 11) is 0. The second kappa shape index (κ2) is 9.51. The third kappa shape index (κ3) is 4.76. The number of fused-ring (bicyclic) bond motifs is 3. The van der Waals surface area contributed by atoms with Gasteiger partial charge in [0, 0.05) is 18.2 Å². The zero-order valence-electron chi connectivity index (χ0n) is 19.2. The third-order valence-corrected chi connectivity index (χ3v) is 8.82. The van der Waals surface area contributed by atoms with Gasteiger partial charge in [0.05, 0.1) is 21.7 Å². The second-order valence-corrected chi connectivity index (χ2v) is 10.9. The van der Waals surface area contributed by atoms with E-state index in [1.807, 2.05) is 6.07 Å². The summed E-state index contributed by atoms with van der Waals surface area (Å²) in [6, 6.07) is 9.06. The molecule has 9 heteroatoms. The number of aliphatic hydroxyl groups excluding tert-OH is 1. The monoisotopic (exact) mass is 524 g/mol. The summed E-state index contributed by atoms with van der Waals surface area (Å²) in [6.07, 6.45) is 3.93. The van der Waals surface area contributed by atoms with Gasteiger partial charge < -0.3 is 15.2 Å². The second-order valence-electron chi connectivity index (χ2n) is 10.1. The first-order valence-corrected chi connectivity index (χ1v) is 12.7. The number of rotatable bonds is 6. The van der Waals surface area contributed by atoms with Crippen molar-refractivity contribution >= 4 is 29.1 Å². The molecule has 0 aromatic heterocycles. The van der Waals surface area contributed by atoms with Gasteiger partial charge in [-0.05, 0) is 80.8 Å². The van der Waals surface area contributed by atoms with Crippen molar-refractivity contribution < 1.29 is 23.4 Å². The van der Waals surface area contributed by atoms with Crippen LogP contribution in [0.3, 0.4) is 0 Å². The van der Waals surface area contributed by atoms with Crippen LogP contribution in [0.4, 0.5) is 8.78 Å². The highest BCUT2D eigenvalue weighted by atomic mass is 35.5. The summed E-state index contributed by atoms with van der Waals surface area (Å²) in [5, 5.41) is 14.2. The van der Waals surface area contributed by atoms with Gasteiger partial charge in [0.25, 0.3) is 5.91 Å². The molecule has 6 rings (SSSR count). The van der Waals surface area contributed by atoms with E-state index in [-0.39, 0.29) is 39.8 Å². The van der Waals surface area contributed by atoms with Crippen LogP contribution in [0.2, 0.25) is 10.0 Å². The molecule has 3 aliphatic carbocycles. The minimum atomic E-state index is -0.675. The van der Waals surface area contributed by atoms with Crippen molar-refractivity contribution in [3.05, 3.63) is 63.6 Å². The number of aliphatic hydroxyl groups is 1. The van der Waals surface area contributed by atoms with Gasteiger partial charge in [-0.15, -0.1) is 0 Å².